The number of benzene rings is 2. The van der Waals surface area contributed by atoms with Crippen LogP contribution in [0.1, 0.15) is 11.1 Å². The van der Waals surface area contributed by atoms with Gasteiger partial charge in [0.05, 0.1) is 19.2 Å². The van der Waals surface area contributed by atoms with Gasteiger partial charge < -0.3 is 10.1 Å². The molecule has 1 aromatic heterocycles. The standard InChI is InChI=1S/C22H20F3N3O4S/c1-32-19-9-7-16(8-10-19)14-28(33(30,31)20-6-3-11-26-13-20)15-21(29)27-18-5-2-4-17(12-18)22(23,24)25/h2-13H,14-15H2,1H3,(H,27,29). The molecule has 11 heteroatoms. The number of rotatable bonds is 8. The van der Waals surface area contributed by atoms with E-state index in [0.29, 0.717) is 11.3 Å². The van der Waals surface area contributed by atoms with Gasteiger partial charge in [-0.1, -0.05) is 18.2 Å². The van der Waals surface area contributed by atoms with Crippen molar-refractivity contribution >= 4 is 21.6 Å². The van der Waals surface area contributed by atoms with Crippen molar-refractivity contribution in [1.82, 2.24) is 9.29 Å². The molecular formula is C22H20F3N3O4S. The van der Waals surface area contributed by atoms with Crippen LogP contribution in [0.5, 0.6) is 5.75 Å². The van der Waals surface area contributed by atoms with Gasteiger partial charge in [-0.05, 0) is 48.0 Å². The number of alkyl halides is 3. The maximum absolute atomic E-state index is 13.2. The number of anilines is 1. The van der Waals surface area contributed by atoms with E-state index in [1.165, 1.54) is 31.5 Å². The zero-order chi connectivity index (χ0) is 24.1. The highest BCUT2D eigenvalue weighted by molar-refractivity contribution is 7.89. The number of pyridine rings is 1. The molecule has 0 atom stereocenters. The van der Waals surface area contributed by atoms with Crippen LogP contribution in [-0.4, -0.2) is 37.3 Å². The van der Waals surface area contributed by atoms with E-state index in [1.54, 1.807) is 24.3 Å². The van der Waals surface area contributed by atoms with Gasteiger partial charge in [0.15, 0.2) is 0 Å². The Morgan fingerprint density at radius 1 is 1.09 bits per heavy atom. The quantitative estimate of drug-likeness (QED) is 0.529. The lowest BCUT2D eigenvalue weighted by atomic mass is 10.2. The fraction of sp³-hybridized carbons (Fsp3) is 0.182. The molecule has 33 heavy (non-hydrogen) atoms. The van der Waals surface area contributed by atoms with Crippen LogP contribution in [0, 0.1) is 0 Å². The van der Waals surface area contributed by atoms with Gasteiger partial charge in [0.2, 0.25) is 15.9 Å². The number of nitrogens with zero attached hydrogens (tertiary/aromatic N) is 2. The maximum atomic E-state index is 13.2. The number of hydrogen-bond acceptors (Lipinski definition) is 5. The number of methoxy groups -OCH3 is 1. The first-order valence-corrected chi connectivity index (χ1v) is 11.0. The summed E-state index contributed by atoms with van der Waals surface area (Å²) in [5, 5.41) is 2.33. The molecule has 0 aliphatic heterocycles. The number of carbonyl (C=O) groups is 1. The van der Waals surface area contributed by atoms with E-state index in [2.05, 4.69) is 10.3 Å². The van der Waals surface area contributed by atoms with Crippen LogP contribution in [0.25, 0.3) is 0 Å². The fourth-order valence-electron chi connectivity index (χ4n) is 2.94. The van der Waals surface area contributed by atoms with E-state index in [1.807, 2.05) is 0 Å². The SMILES string of the molecule is COc1ccc(CN(CC(=O)Nc2cccc(C(F)(F)F)c2)S(=O)(=O)c2cccnc2)cc1. The van der Waals surface area contributed by atoms with Gasteiger partial charge in [0.1, 0.15) is 10.6 Å². The summed E-state index contributed by atoms with van der Waals surface area (Å²) in [7, 11) is -2.64. The van der Waals surface area contributed by atoms with Crippen molar-refractivity contribution in [2.75, 3.05) is 19.0 Å². The third kappa shape index (κ3) is 6.30. The molecule has 0 aliphatic rings. The highest BCUT2D eigenvalue weighted by Gasteiger charge is 2.31. The molecule has 0 aliphatic carbocycles. The van der Waals surface area contributed by atoms with E-state index in [4.69, 9.17) is 4.74 Å². The van der Waals surface area contributed by atoms with Crippen molar-refractivity contribution in [2.45, 2.75) is 17.6 Å². The summed E-state index contributed by atoms with van der Waals surface area (Å²) in [5.74, 6) is -0.224. The minimum Gasteiger partial charge on any atom is -0.497 e. The van der Waals surface area contributed by atoms with Crippen LogP contribution in [0.15, 0.2) is 78.0 Å². The van der Waals surface area contributed by atoms with E-state index in [9.17, 15) is 26.4 Å². The summed E-state index contributed by atoms with van der Waals surface area (Å²) in [6.07, 6.45) is -2.01. The number of aromatic nitrogens is 1. The topological polar surface area (TPSA) is 88.6 Å². The molecule has 3 aromatic rings. The van der Waals surface area contributed by atoms with Gasteiger partial charge in [0, 0.05) is 24.6 Å². The molecule has 1 N–H and O–H groups in total. The molecule has 7 nitrogen and oxygen atoms in total. The predicted molar refractivity (Wildman–Crippen MR) is 115 cm³/mol. The Balaban J connectivity index is 1.85. The summed E-state index contributed by atoms with van der Waals surface area (Å²) >= 11 is 0. The Morgan fingerprint density at radius 2 is 1.82 bits per heavy atom. The first-order valence-electron chi connectivity index (χ1n) is 9.60. The molecule has 0 saturated heterocycles. The lowest BCUT2D eigenvalue weighted by Gasteiger charge is -2.22. The highest BCUT2D eigenvalue weighted by Crippen LogP contribution is 2.30. The molecule has 0 spiro atoms. The molecule has 174 valence electrons. The van der Waals surface area contributed by atoms with Crippen molar-refractivity contribution in [2.24, 2.45) is 0 Å². The molecule has 0 unspecified atom stereocenters. The first kappa shape index (κ1) is 24.2. The van der Waals surface area contributed by atoms with Crippen molar-refractivity contribution in [3.8, 4) is 5.75 Å². The zero-order valence-electron chi connectivity index (χ0n) is 17.4. The van der Waals surface area contributed by atoms with Crippen LogP contribution in [0.3, 0.4) is 0 Å². The van der Waals surface area contributed by atoms with Gasteiger partial charge >= 0.3 is 6.18 Å². The van der Waals surface area contributed by atoms with Gasteiger partial charge in [-0.3, -0.25) is 9.78 Å². The Kier molecular flexibility index (Phi) is 7.34. The molecular weight excluding hydrogens is 459 g/mol. The summed E-state index contributed by atoms with van der Waals surface area (Å²) in [4.78, 5) is 16.3. The smallest absolute Gasteiger partial charge is 0.416 e. The number of nitrogens with one attached hydrogen (secondary N) is 1. The van der Waals surface area contributed by atoms with Crippen molar-refractivity contribution in [3.63, 3.8) is 0 Å². The van der Waals surface area contributed by atoms with Crippen LogP contribution >= 0.6 is 0 Å². The largest absolute Gasteiger partial charge is 0.497 e. The third-order valence-electron chi connectivity index (χ3n) is 4.58. The second kappa shape index (κ2) is 10.0. The predicted octanol–water partition coefficient (Wildman–Crippen LogP) is 3.94. The molecule has 0 saturated carbocycles. The number of ether oxygens (including phenoxy) is 1. The second-order valence-electron chi connectivity index (χ2n) is 6.94. The van der Waals surface area contributed by atoms with Gasteiger partial charge in [-0.25, -0.2) is 8.42 Å². The van der Waals surface area contributed by atoms with Crippen molar-refractivity contribution < 1.29 is 31.1 Å². The number of halogens is 3. The van der Waals surface area contributed by atoms with E-state index >= 15 is 0 Å². The molecule has 0 radical (unpaired) electrons. The van der Waals surface area contributed by atoms with Crippen molar-refractivity contribution in [1.29, 1.82) is 0 Å². The Bertz CT molecular complexity index is 1200. The summed E-state index contributed by atoms with van der Waals surface area (Å²) in [6, 6.07) is 13.5. The number of sulfonamides is 1. The Morgan fingerprint density at radius 3 is 2.42 bits per heavy atom. The number of carbonyl (C=O) groups excluding carboxylic acids is 1. The monoisotopic (exact) mass is 479 g/mol. The summed E-state index contributed by atoms with van der Waals surface area (Å²) in [6.45, 7) is -0.781. The lowest BCUT2D eigenvalue weighted by molar-refractivity contribution is -0.137. The van der Waals surface area contributed by atoms with Crippen molar-refractivity contribution in [3.05, 3.63) is 84.2 Å². The summed E-state index contributed by atoms with van der Waals surface area (Å²) in [5.41, 5.74) is -0.452. The van der Waals surface area contributed by atoms with Crippen LogP contribution in [0.2, 0.25) is 0 Å². The third-order valence-corrected chi connectivity index (χ3v) is 6.36. The van der Waals surface area contributed by atoms with Crippen LogP contribution < -0.4 is 10.1 Å². The summed E-state index contributed by atoms with van der Waals surface area (Å²) < 4.78 is 71.2. The number of hydrogen-bond donors (Lipinski definition) is 1. The van der Waals surface area contributed by atoms with E-state index < -0.39 is 34.2 Å². The normalized spacial score (nSPS) is 11.9. The first-order chi connectivity index (χ1) is 15.6. The fourth-order valence-corrected chi connectivity index (χ4v) is 4.29. The van der Waals surface area contributed by atoms with Gasteiger partial charge in [-0.15, -0.1) is 0 Å². The van der Waals surface area contributed by atoms with E-state index in [-0.39, 0.29) is 17.1 Å². The molecule has 0 fully saturated rings. The average molecular weight is 479 g/mol. The molecule has 1 heterocycles. The number of amides is 1. The molecule has 3 rings (SSSR count). The maximum Gasteiger partial charge on any atom is 0.416 e. The highest BCUT2D eigenvalue weighted by atomic mass is 32.2. The van der Waals surface area contributed by atoms with Gasteiger partial charge in [-0.2, -0.15) is 17.5 Å². The average Bonchev–Trinajstić information content (AvgIpc) is 2.79. The van der Waals surface area contributed by atoms with Gasteiger partial charge in [0.25, 0.3) is 0 Å². The minimum atomic E-state index is -4.58. The van der Waals surface area contributed by atoms with Crippen LogP contribution in [0.4, 0.5) is 18.9 Å². The molecule has 1 amide bonds. The Labute approximate surface area is 188 Å². The molecule has 2 aromatic carbocycles. The second-order valence-corrected chi connectivity index (χ2v) is 8.87. The minimum absolute atomic E-state index is 0.0991. The lowest BCUT2D eigenvalue weighted by Crippen LogP contribution is -2.37. The van der Waals surface area contributed by atoms with Crippen LogP contribution in [-0.2, 0) is 27.5 Å². The zero-order valence-corrected chi connectivity index (χ0v) is 18.2. The molecule has 0 bridgehead atoms. The van der Waals surface area contributed by atoms with E-state index in [0.717, 1.165) is 28.7 Å². The Hall–Kier alpha value is -3.44.